The molecule has 18 nitrogen and oxygen atoms in total. The van der Waals surface area contributed by atoms with Gasteiger partial charge < -0.3 is 36.4 Å². The van der Waals surface area contributed by atoms with Gasteiger partial charge in [0.2, 0.25) is 0 Å². The van der Waals surface area contributed by atoms with Gasteiger partial charge in [0.25, 0.3) is 17.4 Å². The van der Waals surface area contributed by atoms with Gasteiger partial charge in [-0.3, -0.25) is 19.6 Å². The summed E-state index contributed by atoms with van der Waals surface area (Å²) in [4.78, 5) is 48.5. The SMILES string of the molecule is CC(O/N=C(\C(=O)N[C@@H]1C(=O)N(OS(=O)(=O)O)C1(C)C)c1csc(N)n1)(C(=O)O)[C@H]1CCc2cc(C(=N)NC3CC4(CCNCC4)C3)ccc2O1. The van der Waals surface area contributed by atoms with Crippen LogP contribution in [0.25, 0.3) is 0 Å². The number of hydrogen-bond donors (Lipinski definition) is 7. The second-order valence-electron chi connectivity index (χ2n) is 14.1. The van der Waals surface area contributed by atoms with E-state index in [-0.39, 0.29) is 23.3 Å². The summed E-state index contributed by atoms with van der Waals surface area (Å²) in [6, 6.07) is 4.21. The monoisotopic (exact) mass is 748 g/mol. The number of hydrogen-bond acceptors (Lipinski definition) is 14. The largest absolute Gasteiger partial charge is 0.485 e. The molecule has 3 atom stereocenters. The normalized spacial score (nSPS) is 23.9. The van der Waals surface area contributed by atoms with Crippen LogP contribution in [0.2, 0.25) is 0 Å². The minimum absolute atomic E-state index is 0.0625. The molecular formula is C31H40N8O10S2. The Hall–Kier alpha value is -4.37. The van der Waals surface area contributed by atoms with Crippen molar-refractivity contribution < 1.29 is 46.3 Å². The number of benzene rings is 1. The van der Waals surface area contributed by atoms with Crippen molar-refractivity contribution in [2.24, 2.45) is 10.6 Å². The van der Waals surface area contributed by atoms with E-state index < -0.39 is 57.2 Å². The molecule has 2 saturated heterocycles. The van der Waals surface area contributed by atoms with Crippen molar-refractivity contribution in [3.63, 3.8) is 0 Å². The third kappa shape index (κ3) is 7.23. The molecule has 1 saturated carbocycles. The third-order valence-electron chi connectivity index (χ3n) is 10.1. The standard InChI is InChI=1S/C31H40N8O10S2/c1-29(2)23(26(41)39(29)49-51(44,45)46)37-25(40)22(19-15-50-28(33)36-19)38-48-30(3,27(42)43)21-7-5-16-12-17(4-6-20(16)47-21)24(32)35-18-13-31(14-18)8-10-34-11-9-31/h4,6,12,15,18,21,23,34H,5,7-11,13-14H2,1-3H3,(H2,32,35)(H2,33,36)(H,37,40)(H,42,43)(H,44,45,46)/b38-22-/t21-,23-,30?/m1/s1. The Morgan fingerprint density at radius 2 is 1.96 bits per heavy atom. The van der Waals surface area contributed by atoms with Gasteiger partial charge >= 0.3 is 16.4 Å². The molecule has 6 rings (SSSR count). The number of nitrogens with zero attached hydrogens (tertiary/aromatic N) is 3. The first kappa shape index (κ1) is 36.4. The van der Waals surface area contributed by atoms with E-state index in [0.29, 0.717) is 34.0 Å². The molecule has 1 spiro atoms. The maximum absolute atomic E-state index is 13.5. The number of ether oxygens (including phenoxy) is 1. The Labute approximate surface area is 297 Å². The zero-order chi connectivity index (χ0) is 36.9. The maximum atomic E-state index is 13.5. The van der Waals surface area contributed by atoms with Crippen LogP contribution in [-0.2, 0) is 40.3 Å². The lowest BCUT2D eigenvalue weighted by Gasteiger charge is -2.50. The second kappa shape index (κ2) is 13.3. The number of thiazole rings is 1. The molecule has 3 aliphatic heterocycles. The number of nitrogens with one attached hydrogen (secondary N) is 4. The van der Waals surface area contributed by atoms with Gasteiger partial charge in [-0.2, -0.15) is 13.5 Å². The number of aromatic nitrogens is 1. The smallest absolute Gasteiger partial charge is 0.418 e. The van der Waals surface area contributed by atoms with Gasteiger partial charge in [0.15, 0.2) is 16.9 Å². The second-order valence-corrected chi connectivity index (χ2v) is 15.9. The first-order chi connectivity index (χ1) is 23.9. The first-order valence-corrected chi connectivity index (χ1v) is 18.5. The number of oxime groups is 1. The number of piperidine rings is 1. The lowest BCUT2D eigenvalue weighted by molar-refractivity contribution is -0.218. The number of carbonyl (C=O) groups is 3. The molecule has 1 aromatic heterocycles. The molecule has 4 heterocycles. The number of fused-ring (bicyclic) bond motifs is 1. The fourth-order valence-corrected chi connectivity index (χ4v) is 8.07. The Kier molecular flexibility index (Phi) is 9.51. The van der Waals surface area contributed by atoms with Crippen LogP contribution >= 0.6 is 11.3 Å². The van der Waals surface area contributed by atoms with Crippen molar-refractivity contribution >= 4 is 56.2 Å². The number of nitrogens with two attached hydrogens (primary N) is 1. The summed E-state index contributed by atoms with van der Waals surface area (Å²) in [5.41, 5.74) is 3.50. The highest BCUT2D eigenvalue weighted by Crippen LogP contribution is 2.48. The Morgan fingerprint density at radius 3 is 2.57 bits per heavy atom. The number of rotatable bonds is 11. The molecule has 0 bridgehead atoms. The Bertz CT molecular complexity index is 1890. The molecule has 2 aromatic rings. The van der Waals surface area contributed by atoms with Crippen LogP contribution in [-0.4, -0.2) is 99.9 Å². The molecule has 276 valence electrons. The van der Waals surface area contributed by atoms with Gasteiger partial charge in [0.05, 0.1) is 5.54 Å². The summed E-state index contributed by atoms with van der Waals surface area (Å²) in [7, 11) is -5.03. The molecule has 2 amide bonds. The van der Waals surface area contributed by atoms with E-state index in [0.717, 1.165) is 55.7 Å². The number of aryl methyl sites for hydroxylation is 1. The fraction of sp³-hybridized carbons (Fsp3) is 0.548. The van der Waals surface area contributed by atoms with Crippen LogP contribution < -0.4 is 26.4 Å². The Balaban J connectivity index is 1.15. The highest BCUT2D eigenvalue weighted by molar-refractivity contribution is 7.80. The zero-order valence-electron chi connectivity index (χ0n) is 28.1. The van der Waals surface area contributed by atoms with E-state index in [1.165, 1.54) is 26.2 Å². The number of β-lactam (4-membered cyclic amide) rings is 1. The number of carbonyl (C=O) groups excluding carboxylic acids is 2. The van der Waals surface area contributed by atoms with E-state index in [1.807, 2.05) is 6.07 Å². The van der Waals surface area contributed by atoms with Gasteiger partial charge in [0, 0.05) is 17.0 Å². The summed E-state index contributed by atoms with van der Waals surface area (Å²) in [6.07, 6.45) is 3.96. The number of aliphatic carboxylic acids is 1. The molecular weight excluding hydrogens is 709 g/mol. The predicted octanol–water partition coefficient (Wildman–Crippen LogP) is 0.970. The average molecular weight is 749 g/mol. The fourth-order valence-electron chi connectivity index (χ4n) is 7.07. The summed E-state index contributed by atoms with van der Waals surface area (Å²) in [5.74, 6) is -2.69. The van der Waals surface area contributed by atoms with E-state index in [9.17, 15) is 27.9 Å². The first-order valence-electron chi connectivity index (χ1n) is 16.3. The summed E-state index contributed by atoms with van der Waals surface area (Å²) in [5, 5.41) is 33.9. The van der Waals surface area contributed by atoms with Crippen LogP contribution in [0.3, 0.4) is 0 Å². The highest BCUT2D eigenvalue weighted by atomic mass is 32.3. The van der Waals surface area contributed by atoms with Crippen molar-refractivity contribution in [3.8, 4) is 5.75 Å². The third-order valence-corrected chi connectivity index (χ3v) is 11.1. The topological polar surface area (TPSA) is 268 Å². The van der Waals surface area contributed by atoms with Crippen molar-refractivity contribution in [1.82, 2.24) is 26.0 Å². The van der Waals surface area contributed by atoms with Crippen molar-refractivity contribution in [2.45, 2.75) is 88.6 Å². The number of nitrogen functional groups attached to an aromatic ring is 1. The summed E-state index contributed by atoms with van der Waals surface area (Å²) >= 11 is 0.969. The number of amides is 2. The lowest BCUT2D eigenvalue weighted by atomic mass is 9.60. The molecule has 8 N–H and O–H groups in total. The number of hydroxylamine groups is 2. The van der Waals surface area contributed by atoms with Crippen molar-refractivity contribution in [3.05, 3.63) is 40.4 Å². The molecule has 1 aliphatic carbocycles. The molecule has 3 fully saturated rings. The molecule has 51 heavy (non-hydrogen) atoms. The van der Waals surface area contributed by atoms with E-state index >= 15 is 0 Å². The highest BCUT2D eigenvalue weighted by Gasteiger charge is 2.58. The molecule has 1 unspecified atom stereocenters. The van der Waals surface area contributed by atoms with Gasteiger partial charge in [-0.25, -0.2) is 9.78 Å². The van der Waals surface area contributed by atoms with Crippen molar-refractivity contribution in [1.29, 1.82) is 5.41 Å². The van der Waals surface area contributed by atoms with Gasteiger partial charge in [0.1, 0.15) is 23.3 Å². The van der Waals surface area contributed by atoms with Crippen molar-refractivity contribution in [2.75, 3.05) is 18.8 Å². The quantitative estimate of drug-likeness (QED) is 0.0555. The molecule has 1 aromatic carbocycles. The summed E-state index contributed by atoms with van der Waals surface area (Å²) < 4.78 is 41.8. The van der Waals surface area contributed by atoms with Crippen LogP contribution in [0.15, 0.2) is 28.7 Å². The minimum Gasteiger partial charge on any atom is -0.485 e. The molecule has 0 radical (unpaired) electrons. The van der Waals surface area contributed by atoms with Crippen LogP contribution in [0, 0.1) is 10.8 Å². The van der Waals surface area contributed by atoms with Crippen LogP contribution in [0.5, 0.6) is 5.75 Å². The maximum Gasteiger partial charge on any atom is 0.418 e. The number of anilines is 1. The number of amidine groups is 1. The Morgan fingerprint density at radius 1 is 1.25 bits per heavy atom. The van der Waals surface area contributed by atoms with E-state index in [4.69, 9.17) is 25.3 Å². The number of carboxylic acids is 1. The summed E-state index contributed by atoms with van der Waals surface area (Å²) in [6.45, 7) is 6.07. The van der Waals surface area contributed by atoms with E-state index in [2.05, 4.69) is 30.4 Å². The average Bonchev–Trinajstić information content (AvgIpc) is 3.50. The zero-order valence-corrected chi connectivity index (χ0v) is 29.7. The number of carboxylic acid groups (broad SMARTS) is 1. The lowest BCUT2D eigenvalue weighted by Crippen LogP contribution is -2.76. The molecule has 20 heteroatoms. The predicted molar refractivity (Wildman–Crippen MR) is 182 cm³/mol. The van der Waals surface area contributed by atoms with Crippen LogP contribution in [0.1, 0.15) is 69.7 Å². The molecule has 4 aliphatic rings. The van der Waals surface area contributed by atoms with Gasteiger partial charge in [-0.15, -0.1) is 15.6 Å². The van der Waals surface area contributed by atoms with Gasteiger partial charge in [-0.05, 0) is 102 Å². The van der Waals surface area contributed by atoms with Gasteiger partial charge in [-0.1, -0.05) is 5.16 Å². The van der Waals surface area contributed by atoms with E-state index in [1.54, 1.807) is 12.1 Å². The minimum atomic E-state index is -5.03. The van der Waals surface area contributed by atoms with Crippen LogP contribution in [0.4, 0.5) is 5.13 Å².